The number of halogens is 3. The van der Waals surface area contributed by atoms with E-state index in [1.165, 1.54) is 6.07 Å². The minimum absolute atomic E-state index is 0.0175. The van der Waals surface area contributed by atoms with Crippen LogP contribution in [-0.2, 0) is 22.4 Å². The summed E-state index contributed by atoms with van der Waals surface area (Å²) in [6.45, 7) is 2.43. The van der Waals surface area contributed by atoms with Crippen LogP contribution >= 0.6 is 0 Å². The normalized spacial score (nSPS) is 18.8. The van der Waals surface area contributed by atoms with Crippen molar-refractivity contribution in [2.24, 2.45) is 11.1 Å². The van der Waals surface area contributed by atoms with E-state index in [9.17, 15) is 18.0 Å². The van der Waals surface area contributed by atoms with Crippen LogP contribution in [0.4, 0.5) is 13.2 Å². The second-order valence-corrected chi connectivity index (χ2v) is 8.38. The third-order valence-electron chi connectivity index (χ3n) is 5.94. The quantitative estimate of drug-likeness (QED) is 0.621. The number of carbonyl (C=O) groups excluding carboxylic acids is 1. The molecule has 1 heterocycles. The Kier molecular flexibility index (Phi) is 6.03. The summed E-state index contributed by atoms with van der Waals surface area (Å²) in [6, 6.07) is 13.2. The number of alkyl halides is 3. The van der Waals surface area contributed by atoms with Gasteiger partial charge < -0.3 is 9.74 Å². The third kappa shape index (κ3) is 5.09. The van der Waals surface area contributed by atoms with Crippen LogP contribution in [0.25, 0.3) is 0 Å². The summed E-state index contributed by atoms with van der Waals surface area (Å²) in [5, 5.41) is 4.19. The molecule has 1 amide bonds. The van der Waals surface area contributed by atoms with E-state index in [4.69, 9.17) is 4.84 Å². The SMILES string of the molecule is Cc1ccc(C2=NOC(CN(Cc3cccc(C(F)(F)F)c3)C(=O)C3CCC3)C2)cc1. The topological polar surface area (TPSA) is 41.9 Å². The molecule has 0 aromatic heterocycles. The number of rotatable bonds is 6. The molecule has 1 aliphatic heterocycles. The molecule has 0 N–H and O–H groups in total. The van der Waals surface area contributed by atoms with Crippen molar-refractivity contribution in [3.05, 3.63) is 70.8 Å². The van der Waals surface area contributed by atoms with Crippen molar-refractivity contribution >= 4 is 11.6 Å². The van der Waals surface area contributed by atoms with E-state index in [-0.39, 0.29) is 24.5 Å². The predicted octanol–water partition coefficient (Wildman–Crippen LogP) is 5.34. The molecule has 0 spiro atoms. The molecule has 4 nitrogen and oxygen atoms in total. The van der Waals surface area contributed by atoms with Crippen LogP contribution in [0, 0.1) is 12.8 Å². The van der Waals surface area contributed by atoms with Crippen LogP contribution in [0.15, 0.2) is 53.7 Å². The lowest BCUT2D eigenvalue weighted by atomic mass is 9.84. The lowest BCUT2D eigenvalue weighted by Crippen LogP contribution is -2.42. The van der Waals surface area contributed by atoms with E-state index in [1.54, 1.807) is 11.0 Å². The Morgan fingerprint density at radius 2 is 1.90 bits per heavy atom. The van der Waals surface area contributed by atoms with Gasteiger partial charge in [-0.1, -0.05) is 53.5 Å². The second-order valence-electron chi connectivity index (χ2n) is 8.38. The van der Waals surface area contributed by atoms with Crippen molar-refractivity contribution in [1.82, 2.24) is 4.90 Å². The lowest BCUT2D eigenvalue weighted by Gasteiger charge is -2.32. The zero-order valence-electron chi connectivity index (χ0n) is 17.4. The second kappa shape index (κ2) is 8.73. The van der Waals surface area contributed by atoms with Gasteiger partial charge in [-0.2, -0.15) is 13.2 Å². The van der Waals surface area contributed by atoms with E-state index >= 15 is 0 Å². The van der Waals surface area contributed by atoms with Crippen molar-refractivity contribution in [2.75, 3.05) is 6.54 Å². The summed E-state index contributed by atoms with van der Waals surface area (Å²) in [5.74, 6) is -0.0688. The number of oxime groups is 1. The molecule has 0 bridgehead atoms. The maximum absolute atomic E-state index is 13.1. The zero-order valence-corrected chi connectivity index (χ0v) is 17.4. The molecule has 2 aromatic rings. The number of aryl methyl sites for hydroxylation is 1. The number of hydrogen-bond donors (Lipinski definition) is 0. The van der Waals surface area contributed by atoms with E-state index in [0.29, 0.717) is 18.5 Å². The Balaban J connectivity index is 1.46. The highest BCUT2D eigenvalue weighted by Gasteiger charge is 2.34. The van der Waals surface area contributed by atoms with Crippen molar-refractivity contribution in [1.29, 1.82) is 0 Å². The smallest absolute Gasteiger partial charge is 0.390 e. The molecule has 164 valence electrons. The highest BCUT2D eigenvalue weighted by Crippen LogP contribution is 2.32. The Morgan fingerprint density at radius 1 is 1.16 bits per heavy atom. The monoisotopic (exact) mass is 430 g/mol. The maximum Gasteiger partial charge on any atom is 0.416 e. The molecule has 4 rings (SSSR count). The molecule has 1 fully saturated rings. The summed E-state index contributed by atoms with van der Waals surface area (Å²) in [7, 11) is 0. The number of nitrogens with zero attached hydrogens (tertiary/aromatic N) is 2. The van der Waals surface area contributed by atoms with Crippen LogP contribution in [0.3, 0.4) is 0 Å². The van der Waals surface area contributed by atoms with Crippen molar-refractivity contribution < 1.29 is 22.8 Å². The van der Waals surface area contributed by atoms with Crippen molar-refractivity contribution in [2.45, 2.75) is 51.4 Å². The third-order valence-corrected chi connectivity index (χ3v) is 5.94. The molecular weight excluding hydrogens is 405 g/mol. The van der Waals surface area contributed by atoms with Gasteiger partial charge in [-0.05, 0) is 43.0 Å². The lowest BCUT2D eigenvalue weighted by molar-refractivity contribution is -0.140. The van der Waals surface area contributed by atoms with Gasteiger partial charge in [-0.25, -0.2) is 0 Å². The summed E-state index contributed by atoms with van der Waals surface area (Å²) in [5.41, 5.74) is 2.70. The van der Waals surface area contributed by atoms with Crippen LogP contribution < -0.4 is 0 Å². The van der Waals surface area contributed by atoms with E-state index in [0.717, 1.165) is 48.2 Å². The zero-order chi connectivity index (χ0) is 22.0. The maximum atomic E-state index is 13.1. The first-order chi connectivity index (χ1) is 14.8. The largest absolute Gasteiger partial charge is 0.416 e. The number of benzene rings is 2. The fourth-order valence-electron chi connectivity index (χ4n) is 3.90. The van der Waals surface area contributed by atoms with Crippen LogP contribution in [-0.4, -0.2) is 29.2 Å². The van der Waals surface area contributed by atoms with Gasteiger partial charge in [0.2, 0.25) is 5.91 Å². The fraction of sp³-hybridized carbons (Fsp3) is 0.417. The Labute approximate surface area is 179 Å². The van der Waals surface area contributed by atoms with Gasteiger partial charge in [-0.3, -0.25) is 4.79 Å². The van der Waals surface area contributed by atoms with Gasteiger partial charge in [0.05, 0.1) is 17.8 Å². The number of amides is 1. The van der Waals surface area contributed by atoms with Gasteiger partial charge in [0.15, 0.2) is 6.10 Å². The highest BCUT2D eigenvalue weighted by molar-refractivity contribution is 6.01. The van der Waals surface area contributed by atoms with Gasteiger partial charge in [0, 0.05) is 18.9 Å². The molecule has 1 atom stereocenters. The van der Waals surface area contributed by atoms with Gasteiger partial charge in [-0.15, -0.1) is 0 Å². The van der Waals surface area contributed by atoms with Crippen molar-refractivity contribution in [3.8, 4) is 0 Å². The molecule has 31 heavy (non-hydrogen) atoms. The summed E-state index contributed by atoms with van der Waals surface area (Å²) < 4.78 is 39.3. The van der Waals surface area contributed by atoms with E-state index in [2.05, 4.69) is 5.16 Å². The first-order valence-electron chi connectivity index (χ1n) is 10.5. The molecule has 1 unspecified atom stereocenters. The standard InChI is InChI=1S/C24H25F3N2O2/c1-16-8-10-18(11-9-16)22-13-21(31-28-22)15-29(23(30)19-5-3-6-19)14-17-4-2-7-20(12-17)24(25,26)27/h2,4,7-12,19,21H,3,5-6,13-15H2,1H3. The van der Waals surface area contributed by atoms with Gasteiger partial charge in [0.25, 0.3) is 0 Å². The fourth-order valence-corrected chi connectivity index (χ4v) is 3.90. The Morgan fingerprint density at radius 3 is 2.55 bits per heavy atom. The first kappa shape index (κ1) is 21.4. The molecular formula is C24H25F3N2O2. The Bertz CT molecular complexity index is 966. The minimum atomic E-state index is -4.41. The average Bonchev–Trinajstić information content (AvgIpc) is 3.15. The summed E-state index contributed by atoms with van der Waals surface area (Å²) in [4.78, 5) is 20.2. The molecule has 0 saturated heterocycles. The van der Waals surface area contributed by atoms with Crippen LogP contribution in [0.1, 0.15) is 47.9 Å². The van der Waals surface area contributed by atoms with E-state index in [1.807, 2.05) is 31.2 Å². The number of carbonyl (C=O) groups is 1. The molecule has 0 radical (unpaired) electrons. The van der Waals surface area contributed by atoms with Crippen molar-refractivity contribution in [3.63, 3.8) is 0 Å². The summed E-state index contributed by atoms with van der Waals surface area (Å²) >= 11 is 0. The molecule has 2 aliphatic rings. The Hall–Kier alpha value is -2.83. The molecule has 1 aliphatic carbocycles. The van der Waals surface area contributed by atoms with Gasteiger partial charge >= 0.3 is 6.18 Å². The highest BCUT2D eigenvalue weighted by atomic mass is 19.4. The predicted molar refractivity (Wildman–Crippen MR) is 111 cm³/mol. The molecule has 2 aromatic carbocycles. The number of hydrogen-bond acceptors (Lipinski definition) is 3. The van der Waals surface area contributed by atoms with Crippen LogP contribution in [0.2, 0.25) is 0 Å². The van der Waals surface area contributed by atoms with E-state index < -0.39 is 11.7 Å². The summed E-state index contributed by atoms with van der Waals surface area (Å²) in [6.07, 6.45) is -1.51. The molecule has 7 heteroatoms. The van der Waals surface area contributed by atoms with Gasteiger partial charge in [0.1, 0.15) is 0 Å². The first-order valence-corrected chi connectivity index (χ1v) is 10.5. The molecule has 1 saturated carbocycles. The average molecular weight is 430 g/mol. The van der Waals surface area contributed by atoms with Crippen LogP contribution in [0.5, 0.6) is 0 Å². The minimum Gasteiger partial charge on any atom is -0.390 e.